The van der Waals surface area contributed by atoms with E-state index in [0.717, 1.165) is 0 Å². The SMILES string of the molecule is CCc1[c]c(Br)c(-c2ccc(F)c(C(F)(F)F)c2)c(C(F)(C(F)(F)F)C(F)(F)F)c1. The second-order valence-electron chi connectivity index (χ2n) is 6.10. The maximum absolute atomic E-state index is 14.8. The lowest BCUT2D eigenvalue weighted by molar-refractivity contribution is -0.348. The fourth-order valence-electron chi connectivity index (χ4n) is 2.71. The minimum Gasteiger partial charge on any atom is -0.218 e. The molecule has 0 aromatic heterocycles. The summed E-state index contributed by atoms with van der Waals surface area (Å²) in [7, 11) is 0. The van der Waals surface area contributed by atoms with Crippen LogP contribution in [0.1, 0.15) is 23.6 Å². The molecule has 2 aromatic carbocycles. The van der Waals surface area contributed by atoms with Gasteiger partial charge in [-0.1, -0.05) is 19.1 Å². The molecule has 30 heavy (non-hydrogen) atoms. The lowest BCUT2D eigenvalue weighted by Gasteiger charge is -2.32. The van der Waals surface area contributed by atoms with Crippen LogP contribution in [-0.4, -0.2) is 12.4 Å². The molecule has 0 atom stereocenters. The molecule has 2 rings (SSSR count). The number of hydrogen-bond donors (Lipinski definition) is 0. The highest BCUT2D eigenvalue weighted by Crippen LogP contribution is 2.56. The van der Waals surface area contributed by atoms with Crippen molar-refractivity contribution in [1.29, 1.82) is 0 Å². The molecule has 0 aliphatic rings. The summed E-state index contributed by atoms with van der Waals surface area (Å²) in [5, 5.41) is 0. The molecular formula is C18H9BrF11. The van der Waals surface area contributed by atoms with Crippen LogP contribution in [0.3, 0.4) is 0 Å². The van der Waals surface area contributed by atoms with Crippen LogP contribution in [0.4, 0.5) is 48.3 Å². The van der Waals surface area contributed by atoms with Crippen molar-refractivity contribution in [2.45, 2.75) is 37.5 Å². The van der Waals surface area contributed by atoms with Crippen molar-refractivity contribution in [3.8, 4) is 11.1 Å². The largest absolute Gasteiger partial charge is 0.435 e. The molecule has 0 aliphatic heterocycles. The number of alkyl halides is 10. The summed E-state index contributed by atoms with van der Waals surface area (Å²) >= 11 is 2.66. The van der Waals surface area contributed by atoms with E-state index < -0.39 is 56.7 Å². The first-order chi connectivity index (χ1) is 13.4. The van der Waals surface area contributed by atoms with E-state index in [1.807, 2.05) is 0 Å². The van der Waals surface area contributed by atoms with Crippen molar-refractivity contribution >= 4 is 15.9 Å². The van der Waals surface area contributed by atoms with Gasteiger partial charge in [0.25, 0.3) is 0 Å². The Morgan fingerprint density at radius 3 is 1.80 bits per heavy atom. The maximum atomic E-state index is 14.8. The third kappa shape index (κ3) is 4.15. The Hall–Kier alpha value is -1.85. The van der Waals surface area contributed by atoms with Crippen molar-refractivity contribution in [2.24, 2.45) is 0 Å². The van der Waals surface area contributed by atoms with Crippen LogP contribution >= 0.6 is 15.9 Å². The quantitative estimate of drug-likeness (QED) is 0.365. The molecule has 0 heterocycles. The number of halogens is 12. The Kier molecular flexibility index (Phi) is 6.26. The lowest BCUT2D eigenvalue weighted by Crippen LogP contribution is -2.50. The summed E-state index contributed by atoms with van der Waals surface area (Å²) in [6, 6.07) is 3.32. The molecule has 0 fully saturated rings. The minimum atomic E-state index is -6.50. The summed E-state index contributed by atoms with van der Waals surface area (Å²) in [5.41, 5.74) is -12.2. The predicted molar refractivity (Wildman–Crippen MR) is 87.6 cm³/mol. The van der Waals surface area contributed by atoms with Crippen LogP contribution in [0.25, 0.3) is 11.1 Å². The molecule has 0 bridgehead atoms. The Bertz CT molecular complexity index is 925. The lowest BCUT2D eigenvalue weighted by atomic mass is 9.85. The molecule has 12 heteroatoms. The molecule has 1 radical (unpaired) electrons. The van der Waals surface area contributed by atoms with Crippen LogP contribution in [0, 0.1) is 11.9 Å². The van der Waals surface area contributed by atoms with E-state index >= 15 is 0 Å². The fraction of sp³-hybridized carbons (Fsp3) is 0.333. The maximum Gasteiger partial charge on any atom is 0.435 e. The van der Waals surface area contributed by atoms with Gasteiger partial charge >= 0.3 is 24.2 Å². The van der Waals surface area contributed by atoms with Crippen LogP contribution in [0.15, 0.2) is 28.7 Å². The Balaban J connectivity index is 3.00. The molecule has 0 saturated carbocycles. The second-order valence-corrected chi connectivity index (χ2v) is 6.89. The second kappa shape index (κ2) is 7.69. The van der Waals surface area contributed by atoms with Gasteiger partial charge in [0.05, 0.1) is 5.56 Å². The van der Waals surface area contributed by atoms with E-state index in [1.54, 1.807) is 0 Å². The zero-order valence-electron chi connectivity index (χ0n) is 14.6. The van der Waals surface area contributed by atoms with Crippen LogP contribution in [0.2, 0.25) is 0 Å². The van der Waals surface area contributed by atoms with E-state index in [1.165, 1.54) is 6.92 Å². The highest BCUT2D eigenvalue weighted by molar-refractivity contribution is 9.10. The summed E-state index contributed by atoms with van der Waals surface area (Å²) < 4.78 is 147. The Morgan fingerprint density at radius 1 is 0.833 bits per heavy atom. The molecule has 0 spiro atoms. The molecular weight excluding hydrogens is 505 g/mol. The van der Waals surface area contributed by atoms with Gasteiger partial charge in [-0.3, -0.25) is 0 Å². The number of benzene rings is 2. The normalized spacial score (nSPS) is 13.6. The number of hydrogen-bond acceptors (Lipinski definition) is 0. The topological polar surface area (TPSA) is 0 Å². The number of aryl methyl sites for hydroxylation is 1. The van der Waals surface area contributed by atoms with E-state index in [9.17, 15) is 48.3 Å². The molecule has 0 saturated heterocycles. The first-order valence-corrected chi connectivity index (χ1v) is 8.69. The van der Waals surface area contributed by atoms with Gasteiger partial charge in [0.2, 0.25) is 0 Å². The smallest absolute Gasteiger partial charge is 0.218 e. The van der Waals surface area contributed by atoms with Crippen molar-refractivity contribution in [3.63, 3.8) is 0 Å². The van der Waals surface area contributed by atoms with Crippen LogP contribution in [-0.2, 0) is 18.3 Å². The summed E-state index contributed by atoms with van der Waals surface area (Å²) in [6.07, 6.45) is -18.5. The molecule has 0 nitrogen and oxygen atoms in total. The molecule has 0 unspecified atom stereocenters. The highest BCUT2D eigenvalue weighted by Gasteiger charge is 2.74. The molecule has 0 N–H and O–H groups in total. The van der Waals surface area contributed by atoms with Gasteiger partial charge in [-0.05, 0) is 45.6 Å². The van der Waals surface area contributed by atoms with Gasteiger partial charge < -0.3 is 0 Å². The zero-order chi connectivity index (χ0) is 23.3. The average Bonchev–Trinajstić information content (AvgIpc) is 2.58. The average molecular weight is 514 g/mol. The van der Waals surface area contributed by atoms with E-state index in [0.29, 0.717) is 6.07 Å². The summed E-state index contributed by atoms with van der Waals surface area (Å²) in [4.78, 5) is 0. The summed E-state index contributed by atoms with van der Waals surface area (Å²) in [6.45, 7) is 1.34. The van der Waals surface area contributed by atoms with Gasteiger partial charge in [-0.15, -0.1) is 0 Å². The monoisotopic (exact) mass is 513 g/mol. The predicted octanol–water partition coefficient (Wildman–Crippen LogP) is 7.93. The minimum absolute atomic E-state index is 0.00551. The van der Waals surface area contributed by atoms with Crippen LogP contribution in [0.5, 0.6) is 0 Å². The Morgan fingerprint density at radius 2 is 1.37 bits per heavy atom. The Labute approximate surface area is 170 Å². The van der Waals surface area contributed by atoms with Crippen molar-refractivity contribution < 1.29 is 48.3 Å². The molecule has 0 amide bonds. The van der Waals surface area contributed by atoms with Gasteiger partial charge in [-0.25, -0.2) is 8.78 Å². The van der Waals surface area contributed by atoms with E-state index in [4.69, 9.17) is 0 Å². The zero-order valence-corrected chi connectivity index (χ0v) is 16.1. The third-order valence-corrected chi connectivity index (χ3v) is 4.77. The van der Waals surface area contributed by atoms with Crippen molar-refractivity contribution in [2.75, 3.05) is 0 Å². The number of rotatable bonds is 3. The highest BCUT2D eigenvalue weighted by atomic mass is 79.9. The standard InChI is InChI=1S/C18H9BrF11/c1-2-8-5-11(15(21,17(25,26)27)18(28,29)30)14(12(19)6-8)9-3-4-13(20)10(7-9)16(22,23)24/h3-5,7H,2H2,1H3. The van der Waals surface area contributed by atoms with E-state index in [2.05, 4.69) is 22.0 Å². The molecule has 2 aromatic rings. The van der Waals surface area contributed by atoms with Crippen molar-refractivity contribution in [1.82, 2.24) is 0 Å². The van der Waals surface area contributed by atoms with E-state index in [-0.39, 0.29) is 30.2 Å². The van der Waals surface area contributed by atoms with Crippen molar-refractivity contribution in [3.05, 3.63) is 57.3 Å². The van der Waals surface area contributed by atoms with Crippen LogP contribution < -0.4 is 0 Å². The van der Waals surface area contributed by atoms with Gasteiger partial charge in [0, 0.05) is 21.7 Å². The van der Waals surface area contributed by atoms with Gasteiger partial charge in [-0.2, -0.15) is 39.5 Å². The third-order valence-electron chi connectivity index (χ3n) is 4.17. The molecule has 0 aliphatic carbocycles. The molecule has 165 valence electrons. The van der Waals surface area contributed by atoms with Gasteiger partial charge in [0.15, 0.2) is 0 Å². The first-order valence-electron chi connectivity index (χ1n) is 7.89. The first kappa shape index (κ1) is 24.4. The summed E-state index contributed by atoms with van der Waals surface area (Å²) in [5.74, 6) is -1.81. The van der Waals surface area contributed by atoms with Gasteiger partial charge in [0.1, 0.15) is 5.82 Å². The fourth-order valence-corrected chi connectivity index (χ4v) is 3.41.